The average Bonchev–Trinajstić information content (AvgIpc) is 3.71. The molecule has 0 bridgehead atoms. The molecule has 0 spiro atoms. The first kappa shape index (κ1) is 24.4. The Labute approximate surface area is 219 Å². The number of fused-ring (bicyclic) bond motifs is 1. The standard InChI is InChI=1S/C26H27N5O6S/c1-16-26(17(2)37-28-16)18-7-9-23(25(11-18)38(32,33)29-19-5-3-4-6-19)34-14-20-13-31(30-27-20)21-8-10-22-24(12-21)36-15-35-22/h7-13,19,29H,3-6,14-15H2,1-2H3. The van der Waals surface area contributed by atoms with Crippen molar-refractivity contribution < 1.29 is 27.2 Å². The Morgan fingerprint density at radius 3 is 2.68 bits per heavy atom. The van der Waals surface area contributed by atoms with E-state index in [0.29, 0.717) is 34.2 Å². The number of nitrogens with zero attached hydrogens (tertiary/aromatic N) is 4. The Morgan fingerprint density at radius 2 is 1.89 bits per heavy atom. The van der Waals surface area contributed by atoms with Crippen molar-refractivity contribution in [3.63, 3.8) is 0 Å². The maximum atomic E-state index is 13.5. The molecule has 11 nitrogen and oxygen atoms in total. The van der Waals surface area contributed by atoms with Crippen LogP contribution in [-0.4, -0.2) is 41.4 Å². The van der Waals surface area contributed by atoms with E-state index in [0.717, 1.165) is 36.9 Å². The summed E-state index contributed by atoms with van der Waals surface area (Å²) in [4.78, 5) is 0.0602. The molecule has 2 aromatic carbocycles. The van der Waals surface area contributed by atoms with Gasteiger partial charge in [-0.05, 0) is 56.5 Å². The summed E-state index contributed by atoms with van der Waals surface area (Å²) >= 11 is 0. The molecule has 1 aliphatic heterocycles. The maximum Gasteiger partial charge on any atom is 0.244 e. The lowest BCUT2D eigenvalue weighted by Crippen LogP contribution is -2.33. The topological polar surface area (TPSA) is 131 Å². The smallest absolute Gasteiger partial charge is 0.244 e. The van der Waals surface area contributed by atoms with Crippen LogP contribution >= 0.6 is 0 Å². The van der Waals surface area contributed by atoms with Gasteiger partial charge in [0, 0.05) is 17.7 Å². The Bertz CT molecular complexity index is 1570. The molecule has 6 rings (SSSR count). The van der Waals surface area contributed by atoms with E-state index < -0.39 is 10.0 Å². The number of aromatic nitrogens is 4. The fourth-order valence-corrected chi connectivity index (χ4v) is 6.36. The highest BCUT2D eigenvalue weighted by molar-refractivity contribution is 7.89. The summed E-state index contributed by atoms with van der Waals surface area (Å²) in [6.45, 7) is 3.84. The minimum atomic E-state index is -3.85. The summed E-state index contributed by atoms with van der Waals surface area (Å²) in [5.74, 6) is 2.16. The first-order valence-electron chi connectivity index (χ1n) is 12.4. The molecule has 0 radical (unpaired) electrons. The monoisotopic (exact) mass is 537 g/mol. The van der Waals surface area contributed by atoms with Crippen LogP contribution in [0.25, 0.3) is 16.8 Å². The molecule has 4 aromatic rings. The highest BCUT2D eigenvalue weighted by Crippen LogP contribution is 2.35. The maximum absolute atomic E-state index is 13.5. The molecule has 38 heavy (non-hydrogen) atoms. The molecule has 2 aromatic heterocycles. The van der Waals surface area contributed by atoms with Crippen molar-refractivity contribution in [1.82, 2.24) is 24.9 Å². The second-order valence-corrected chi connectivity index (χ2v) is 11.1. The van der Waals surface area contributed by atoms with Crippen LogP contribution < -0.4 is 18.9 Å². The van der Waals surface area contributed by atoms with E-state index in [1.54, 1.807) is 36.0 Å². The van der Waals surface area contributed by atoms with Crippen LogP contribution in [-0.2, 0) is 16.6 Å². The minimum Gasteiger partial charge on any atom is -0.486 e. The highest BCUT2D eigenvalue weighted by atomic mass is 32.2. The number of rotatable bonds is 8. The van der Waals surface area contributed by atoms with Gasteiger partial charge in [0.05, 0.1) is 17.6 Å². The van der Waals surface area contributed by atoms with Crippen LogP contribution in [0.1, 0.15) is 42.8 Å². The van der Waals surface area contributed by atoms with E-state index in [4.69, 9.17) is 18.7 Å². The zero-order valence-corrected chi connectivity index (χ0v) is 21.8. The number of ether oxygens (including phenoxy) is 3. The van der Waals surface area contributed by atoms with Crippen molar-refractivity contribution in [2.45, 2.75) is 57.1 Å². The summed E-state index contributed by atoms with van der Waals surface area (Å²) in [6, 6.07) is 10.5. The molecule has 0 amide bonds. The van der Waals surface area contributed by atoms with Crippen LogP contribution in [0.5, 0.6) is 17.2 Å². The van der Waals surface area contributed by atoms with Crippen LogP contribution in [0.4, 0.5) is 0 Å². The van der Waals surface area contributed by atoms with Gasteiger partial charge in [-0.1, -0.05) is 29.3 Å². The third kappa shape index (κ3) is 4.72. The van der Waals surface area contributed by atoms with Crippen LogP contribution in [0.15, 0.2) is 52.0 Å². The van der Waals surface area contributed by atoms with E-state index >= 15 is 0 Å². The van der Waals surface area contributed by atoms with Gasteiger partial charge in [0.25, 0.3) is 0 Å². The Hall–Kier alpha value is -3.90. The molecule has 1 fully saturated rings. The second-order valence-electron chi connectivity index (χ2n) is 9.44. The normalized spacial score (nSPS) is 15.3. The van der Waals surface area contributed by atoms with Gasteiger partial charge in [0.2, 0.25) is 16.8 Å². The van der Waals surface area contributed by atoms with Crippen LogP contribution in [0.2, 0.25) is 0 Å². The van der Waals surface area contributed by atoms with Gasteiger partial charge in [-0.2, -0.15) is 0 Å². The number of aryl methyl sites for hydroxylation is 2. The average molecular weight is 538 g/mol. The number of sulfonamides is 1. The number of hydrogen-bond acceptors (Lipinski definition) is 9. The summed E-state index contributed by atoms with van der Waals surface area (Å²) in [6.07, 6.45) is 5.38. The third-order valence-corrected chi connectivity index (χ3v) is 8.31. The molecule has 198 valence electrons. The first-order chi connectivity index (χ1) is 18.4. The molecule has 2 aliphatic rings. The summed E-state index contributed by atoms with van der Waals surface area (Å²) in [5.41, 5.74) is 3.42. The molecule has 1 aliphatic carbocycles. The van der Waals surface area contributed by atoms with E-state index in [-0.39, 0.29) is 30.1 Å². The van der Waals surface area contributed by atoms with Gasteiger partial charge in [-0.15, -0.1) is 5.10 Å². The zero-order chi connectivity index (χ0) is 26.3. The van der Waals surface area contributed by atoms with Crippen LogP contribution in [0, 0.1) is 13.8 Å². The number of benzene rings is 2. The lowest BCUT2D eigenvalue weighted by molar-refractivity contribution is 0.174. The Morgan fingerprint density at radius 1 is 1.08 bits per heavy atom. The predicted octanol–water partition coefficient (Wildman–Crippen LogP) is 4.07. The fraction of sp³-hybridized carbons (Fsp3) is 0.346. The van der Waals surface area contributed by atoms with Gasteiger partial charge in [0.15, 0.2) is 11.5 Å². The fourth-order valence-electron chi connectivity index (χ4n) is 4.88. The Kier molecular flexibility index (Phi) is 6.28. The largest absolute Gasteiger partial charge is 0.486 e. The molecule has 3 heterocycles. The quantitative estimate of drug-likeness (QED) is 0.353. The van der Waals surface area contributed by atoms with E-state index in [1.807, 2.05) is 25.1 Å². The highest BCUT2D eigenvalue weighted by Gasteiger charge is 2.27. The van der Waals surface area contributed by atoms with Crippen LogP contribution in [0.3, 0.4) is 0 Å². The van der Waals surface area contributed by atoms with Gasteiger partial charge in [0.1, 0.15) is 28.7 Å². The molecule has 12 heteroatoms. The minimum absolute atomic E-state index is 0.0289. The van der Waals surface area contributed by atoms with Crippen molar-refractivity contribution in [3.05, 3.63) is 59.7 Å². The molecule has 0 atom stereocenters. The lowest BCUT2D eigenvalue weighted by Gasteiger charge is -2.16. The van der Waals surface area contributed by atoms with Gasteiger partial charge in [-0.25, -0.2) is 17.8 Å². The summed E-state index contributed by atoms with van der Waals surface area (Å²) in [7, 11) is -3.85. The first-order valence-corrected chi connectivity index (χ1v) is 13.9. The predicted molar refractivity (Wildman–Crippen MR) is 136 cm³/mol. The van der Waals surface area contributed by atoms with Crippen molar-refractivity contribution in [2.75, 3.05) is 6.79 Å². The molecule has 0 saturated heterocycles. The lowest BCUT2D eigenvalue weighted by atomic mass is 10.0. The molecule has 1 N–H and O–H groups in total. The van der Waals surface area contributed by atoms with Gasteiger partial charge in [-0.3, -0.25) is 0 Å². The summed E-state index contributed by atoms with van der Waals surface area (Å²) < 4.78 is 53.6. The molecular formula is C26H27N5O6S. The number of hydrogen-bond donors (Lipinski definition) is 1. The van der Waals surface area contributed by atoms with Crippen molar-refractivity contribution in [3.8, 4) is 34.1 Å². The van der Waals surface area contributed by atoms with Crippen molar-refractivity contribution in [2.24, 2.45) is 0 Å². The molecular weight excluding hydrogens is 510 g/mol. The van der Waals surface area contributed by atoms with Gasteiger partial charge < -0.3 is 18.7 Å². The van der Waals surface area contributed by atoms with E-state index in [1.165, 1.54) is 0 Å². The second kappa shape index (κ2) is 9.76. The molecule has 1 saturated carbocycles. The SMILES string of the molecule is Cc1noc(C)c1-c1ccc(OCc2cn(-c3ccc4c(c3)OCO4)nn2)c(S(=O)(=O)NC2CCCC2)c1. The number of nitrogens with one attached hydrogen (secondary N) is 1. The van der Waals surface area contributed by atoms with E-state index in [2.05, 4.69) is 20.2 Å². The van der Waals surface area contributed by atoms with Crippen molar-refractivity contribution in [1.29, 1.82) is 0 Å². The third-order valence-electron chi connectivity index (χ3n) is 6.77. The Balaban J connectivity index is 1.27. The van der Waals surface area contributed by atoms with Crippen molar-refractivity contribution >= 4 is 10.0 Å². The summed E-state index contributed by atoms with van der Waals surface area (Å²) in [5, 5.41) is 12.4. The van der Waals surface area contributed by atoms with Gasteiger partial charge >= 0.3 is 0 Å². The molecule has 0 unspecified atom stereocenters. The van der Waals surface area contributed by atoms with E-state index in [9.17, 15) is 8.42 Å². The zero-order valence-electron chi connectivity index (χ0n) is 21.0.